The molecule has 0 aromatic carbocycles. The second-order valence-electron chi connectivity index (χ2n) is 13.5. The Kier molecular flexibility index (Phi) is 10.1. The second-order valence-corrected chi connectivity index (χ2v) is 13.5. The van der Waals surface area contributed by atoms with Gasteiger partial charge in [0, 0.05) is 25.0 Å². The summed E-state index contributed by atoms with van der Waals surface area (Å²) in [4.78, 5) is 57.0. The summed E-state index contributed by atoms with van der Waals surface area (Å²) in [5, 5.41) is 12.6. The molecule has 10 nitrogen and oxygen atoms in total. The van der Waals surface area contributed by atoms with Crippen LogP contribution < -0.4 is 5.32 Å². The van der Waals surface area contributed by atoms with Crippen LogP contribution >= 0.6 is 0 Å². The minimum Gasteiger partial charge on any atom is -0.460 e. The number of fused-ring (bicyclic) bond motifs is 1. The molecule has 0 radical (unpaired) electrons. The van der Waals surface area contributed by atoms with E-state index in [9.17, 15) is 24.3 Å². The van der Waals surface area contributed by atoms with Crippen LogP contribution in [0.3, 0.4) is 0 Å². The van der Waals surface area contributed by atoms with Crippen molar-refractivity contribution in [1.82, 2.24) is 15.1 Å². The van der Waals surface area contributed by atoms with Gasteiger partial charge in [0.15, 0.2) is 0 Å². The number of rotatable bonds is 14. The van der Waals surface area contributed by atoms with Crippen molar-refractivity contribution >= 4 is 23.7 Å². The lowest BCUT2D eigenvalue weighted by Crippen LogP contribution is -2.61. The number of nitrogens with one attached hydrogen (secondary N) is 1. The van der Waals surface area contributed by atoms with E-state index in [1.54, 1.807) is 24.0 Å². The largest absolute Gasteiger partial charge is 0.460 e. The molecule has 6 atom stereocenters. The average molecular weight is 576 g/mol. The first-order valence-corrected chi connectivity index (χ1v) is 14.7. The Bertz CT molecular complexity index is 1040. The van der Waals surface area contributed by atoms with Gasteiger partial charge < -0.3 is 29.7 Å². The second kappa shape index (κ2) is 12.7. The Balaban J connectivity index is 1.87. The Morgan fingerprint density at radius 1 is 1.24 bits per heavy atom. The standard InChI is InChI=1S/C31H49N3O7/c1-9-11-12-22(36)32-18-20(3)40-28(39)23-21-13-14-31(41-21)24(23)26(37)33(16-17-35)25(31)27(38)34(15-10-2)30(7,8)19-29(4,5)6/h9-10,20-21,23-25,35H,1-2,11-19H2,3-8H3,(H,32,36)/t20-,21+,23-,24-,25+,31-/m0/s1. The molecule has 2 N–H and O–H groups in total. The van der Waals surface area contributed by atoms with Gasteiger partial charge in [-0.1, -0.05) is 32.9 Å². The topological polar surface area (TPSA) is 125 Å². The Morgan fingerprint density at radius 3 is 2.51 bits per heavy atom. The maximum absolute atomic E-state index is 14.5. The van der Waals surface area contributed by atoms with Gasteiger partial charge in [0.25, 0.3) is 0 Å². The summed E-state index contributed by atoms with van der Waals surface area (Å²) in [5.74, 6) is -3.14. The Labute approximate surface area is 244 Å². The quantitative estimate of drug-likeness (QED) is 0.241. The van der Waals surface area contributed by atoms with E-state index in [0.717, 1.165) is 0 Å². The lowest BCUT2D eigenvalue weighted by molar-refractivity contribution is -0.159. The van der Waals surface area contributed by atoms with Gasteiger partial charge in [0.2, 0.25) is 17.7 Å². The van der Waals surface area contributed by atoms with Crippen LogP contribution in [0.4, 0.5) is 0 Å². The summed E-state index contributed by atoms with van der Waals surface area (Å²) >= 11 is 0. The van der Waals surface area contributed by atoms with E-state index >= 15 is 0 Å². The van der Waals surface area contributed by atoms with Crippen LogP contribution in [0.15, 0.2) is 25.3 Å². The third-order valence-corrected chi connectivity index (χ3v) is 8.40. The summed E-state index contributed by atoms with van der Waals surface area (Å²) in [7, 11) is 0. The number of aliphatic hydroxyl groups is 1. The van der Waals surface area contributed by atoms with Crippen LogP contribution in [0.1, 0.15) is 73.6 Å². The van der Waals surface area contributed by atoms with Gasteiger partial charge >= 0.3 is 5.97 Å². The number of amides is 3. The summed E-state index contributed by atoms with van der Waals surface area (Å²) in [6.45, 7) is 19.6. The van der Waals surface area contributed by atoms with Gasteiger partial charge in [-0.15, -0.1) is 13.2 Å². The zero-order valence-electron chi connectivity index (χ0n) is 25.6. The number of carbonyl (C=O) groups is 4. The smallest absolute Gasteiger partial charge is 0.312 e. The maximum Gasteiger partial charge on any atom is 0.312 e. The molecule has 3 aliphatic heterocycles. The van der Waals surface area contributed by atoms with Crippen LogP contribution in [-0.2, 0) is 28.7 Å². The number of β-amino-alcohol motifs (C(OH)–C–C–N with tert-alkyl or cyclic N) is 1. The SMILES string of the molecule is C=CCCC(=O)NC[C@H](C)OC(=O)[C@@H]1[C@H]2C(=O)N(CCO)[C@H](C(=O)N(CC=C)C(C)(C)CC(C)(C)C)[C@]23CC[C@H]1O3. The molecule has 0 unspecified atom stereocenters. The number of esters is 1. The first-order chi connectivity index (χ1) is 19.1. The number of ether oxygens (including phenoxy) is 2. The Morgan fingerprint density at radius 2 is 1.93 bits per heavy atom. The number of likely N-dealkylation sites (tertiary alicyclic amines) is 1. The van der Waals surface area contributed by atoms with Gasteiger partial charge in [-0.25, -0.2) is 0 Å². The molecule has 1 spiro atoms. The molecule has 3 fully saturated rings. The molecule has 0 saturated carbocycles. The maximum atomic E-state index is 14.5. The minimum absolute atomic E-state index is 0.0436. The van der Waals surface area contributed by atoms with E-state index in [1.807, 2.05) is 13.8 Å². The number of allylic oxidation sites excluding steroid dienone is 1. The zero-order chi connectivity index (χ0) is 30.8. The van der Waals surface area contributed by atoms with Crippen molar-refractivity contribution in [2.24, 2.45) is 17.3 Å². The van der Waals surface area contributed by atoms with Crippen LogP contribution in [0.2, 0.25) is 0 Å². The van der Waals surface area contributed by atoms with Crippen molar-refractivity contribution in [3.63, 3.8) is 0 Å². The number of aliphatic hydroxyl groups excluding tert-OH is 1. The fraction of sp³-hybridized carbons (Fsp3) is 0.742. The van der Waals surface area contributed by atoms with Crippen molar-refractivity contribution in [3.05, 3.63) is 25.3 Å². The first-order valence-electron chi connectivity index (χ1n) is 14.7. The molecule has 3 rings (SSSR count). The third kappa shape index (κ3) is 6.69. The number of hydrogen-bond acceptors (Lipinski definition) is 7. The molecule has 3 aliphatic rings. The van der Waals surface area contributed by atoms with Crippen molar-refractivity contribution < 1.29 is 33.8 Å². The first kappa shape index (κ1) is 32.8. The summed E-state index contributed by atoms with van der Waals surface area (Å²) in [6.07, 6.45) is 4.69. The highest BCUT2D eigenvalue weighted by Gasteiger charge is 2.75. The molecule has 41 heavy (non-hydrogen) atoms. The molecule has 3 saturated heterocycles. The lowest BCUT2D eigenvalue weighted by Gasteiger charge is -2.45. The van der Waals surface area contributed by atoms with Gasteiger partial charge in [0.05, 0.1) is 31.1 Å². The summed E-state index contributed by atoms with van der Waals surface area (Å²) in [6, 6.07) is -0.976. The van der Waals surface area contributed by atoms with Crippen molar-refractivity contribution in [2.45, 2.75) is 103 Å². The minimum atomic E-state index is -1.18. The Hall–Kier alpha value is -2.72. The third-order valence-electron chi connectivity index (χ3n) is 8.40. The average Bonchev–Trinajstić information content (AvgIpc) is 3.50. The van der Waals surface area contributed by atoms with Crippen LogP contribution in [-0.4, -0.2) is 94.2 Å². The van der Waals surface area contributed by atoms with Crippen LogP contribution in [0.5, 0.6) is 0 Å². The zero-order valence-corrected chi connectivity index (χ0v) is 25.6. The molecule has 3 heterocycles. The predicted octanol–water partition coefficient (Wildman–Crippen LogP) is 2.60. The summed E-state index contributed by atoms with van der Waals surface area (Å²) in [5.41, 5.74) is -1.82. The fourth-order valence-electron chi connectivity index (χ4n) is 7.25. The molecule has 3 amide bonds. The highest BCUT2D eigenvalue weighted by Crippen LogP contribution is 2.59. The van der Waals surface area contributed by atoms with E-state index < -0.39 is 47.2 Å². The van der Waals surface area contributed by atoms with E-state index in [-0.39, 0.29) is 49.4 Å². The molecule has 10 heteroatoms. The number of hydrogen-bond donors (Lipinski definition) is 2. The molecule has 230 valence electrons. The van der Waals surface area contributed by atoms with Gasteiger partial charge in [0.1, 0.15) is 17.7 Å². The predicted molar refractivity (Wildman–Crippen MR) is 154 cm³/mol. The van der Waals surface area contributed by atoms with Crippen LogP contribution in [0, 0.1) is 17.3 Å². The molecule has 0 aliphatic carbocycles. The number of carbonyl (C=O) groups excluding carboxylic acids is 4. The molecule has 0 aromatic rings. The van der Waals surface area contributed by atoms with Crippen molar-refractivity contribution in [1.29, 1.82) is 0 Å². The fourth-order valence-corrected chi connectivity index (χ4v) is 7.25. The highest BCUT2D eigenvalue weighted by molar-refractivity contribution is 5.98. The van der Waals surface area contributed by atoms with Crippen molar-refractivity contribution in [3.8, 4) is 0 Å². The monoisotopic (exact) mass is 575 g/mol. The van der Waals surface area contributed by atoms with Crippen molar-refractivity contribution in [2.75, 3.05) is 26.2 Å². The number of nitrogens with zero attached hydrogens (tertiary/aromatic N) is 2. The molecule has 2 bridgehead atoms. The van der Waals surface area contributed by atoms with Gasteiger partial charge in [-0.3, -0.25) is 19.2 Å². The van der Waals surface area contributed by atoms with Crippen LogP contribution in [0.25, 0.3) is 0 Å². The summed E-state index contributed by atoms with van der Waals surface area (Å²) < 4.78 is 12.2. The molecular formula is C31H49N3O7. The van der Waals surface area contributed by atoms with E-state index in [1.165, 1.54) is 4.90 Å². The van der Waals surface area contributed by atoms with E-state index in [4.69, 9.17) is 9.47 Å². The van der Waals surface area contributed by atoms with Gasteiger partial charge in [-0.2, -0.15) is 0 Å². The molecule has 0 aromatic heterocycles. The highest BCUT2D eigenvalue weighted by atomic mass is 16.6. The van der Waals surface area contributed by atoms with E-state index in [0.29, 0.717) is 32.1 Å². The van der Waals surface area contributed by atoms with Gasteiger partial charge in [-0.05, 0) is 51.9 Å². The molecular weight excluding hydrogens is 526 g/mol. The lowest BCUT2D eigenvalue weighted by atomic mass is 9.70. The normalized spacial score (nSPS) is 27.8. The van der Waals surface area contributed by atoms with E-state index in [2.05, 4.69) is 39.2 Å².